The van der Waals surface area contributed by atoms with Gasteiger partial charge in [-0.05, 0) is 27.7 Å². The van der Waals surface area contributed by atoms with Gasteiger partial charge in [0, 0.05) is 6.61 Å². The van der Waals surface area contributed by atoms with Gasteiger partial charge in [0.2, 0.25) is 0 Å². The topological polar surface area (TPSA) is 81.7 Å². The van der Waals surface area contributed by atoms with E-state index in [-0.39, 0.29) is 12.4 Å². The Morgan fingerprint density at radius 2 is 0.926 bits per heavy atom. The smallest absolute Gasteiger partial charge is 0.308 e. The van der Waals surface area contributed by atoms with Crippen LogP contribution in [0.25, 0.3) is 0 Å². The van der Waals surface area contributed by atoms with E-state index in [2.05, 4.69) is 0 Å². The van der Waals surface area contributed by atoms with Crippen LogP contribution < -0.4 is 0 Å². The minimum absolute atomic E-state index is 0.248. The second-order valence-electron chi connectivity index (χ2n) is 6.60. The van der Waals surface area contributed by atoms with Gasteiger partial charge in [0.25, 0.3) is 0 Å². The van der Waals surface area contributed by atoms with Crippen LogP contribution >= 0.6 is 0 Å². The zero-order valence-corrected chi connectivity index (χ0v) is 17.5. The van der Waals surface area contributed by atoms with Crippen LogP contribution in [-0.4, -0.2) is 90.9 Å². The fraction of sp³-hybridized carbons (Fsp3) is 0.947. The van der Waals surface area contributed by atoms with Crippen molar-refractivity contribution in [3.63, 3.8) is 0 Å². The molecular weight excluding hydrogens is 356 g/mol. The van der Waals surface area contributed by atoms with E-state index in [4.69, 9.17) is 33.2 Å². The van der Waals surface area contributed by atoms with E-state index in [1.807, 2.05) is 27.7 Å². The highest BCUT2D eigenvalue weighted by Gasteiger charge is 2.15. The van der Waals surface area contributed by atoms with E-state index in [0.29, 0.717) is 79.3 Å². The average Bonchev–Trinajstić information content (AvgIpc) is 2.59. The minimum atomic E-state index is -0.456. The summed E-state index contributed by atoms with van der Waals surface area (Å²) in [7, 11) is 0. The number of hydrogen-bond acceptors (Lipinski definition) is 8. The molecule has 0 unspecified atom stereocenters. The van der Waals surface area contributed by atoms with Gasteiger partial charge in [-0.15, -0.1) is 0 Å². The lowest BCUT2D eigenvalue weighted by molar-refractivity contribution is -0.156. The van der Waals surface area contributed by atoms with Gasteiger partial charge in [-0.1, -0.05) is 0 Å². The molecule has 162 valence electrons. The molecule has 0 aromatic heterocycles. The number of hydrogen-bond donors (Lipinski definition) is 0. The van der Waals surface area contributed by atoms with Crippen molar-refractivity contribution in [1.82, 2.24) is 0 Å². The van der Waals surface area contributed by atoms with Crippen LogP contribution in [0.5, 0.6) is 0 Å². The quantitative estimate of drug-likeness (QED) is 0.242. The Labute approximate surface area is 163 Å². The monoisotopic (exact) mass is 394 g/mol. The summed E-state index contributed by atoms with van der Waals surface area (Å²) in [5.41, 5.74) is -0.456. The molecular formula is C19H38O8. The summed E-state index contributed by atoms with van der Waals surface area (Å²) in [6.07, 6.45) is 0.248. The Morgan fingerprint density at radius 3 is 1.26 bits per heavy atom. The third-order valence-corrected chi connectivity index (χ3v) is 2.93. The van der Waals surface area contributed by atoms with E-state index in [1.165, 1.54) is 0 Å². The predicted molar refractivity (Wildman–Crippen MR) is 101 cm³/mol. The van der Waals surface area contributed by atoms with E-state index in [9.17, 15) is 4.79 Å². The summed E-state index contributed by atoms with van der Waals surface area (Å²) in [4.78, 5) is 11.5. The molecule has 0 heterocycles. The molecule has 8 nitrogen and oxygen atoms in total. The fourth-order valence-electron chi connectivity index (χ4n) is 1.79. The summed E-state index contributed by atoms with van der Waals surface area (Å²) in [5, 5.41) is 0. The molecule has 0 aliphatic rings. The fourth-order valence-corrected chi connectivity index (χ4v) is 1.79. The van der Waals surface area contributed by atoms with Crippen LogP contribution in [0.1, 0.15) is 34.1 Å². The highest BCUT2D eigenvalue weighted by atomic mass is 16.6. The molecule has 0 spiro atoms. The van der Waals surface area contributed by atoms with Gasteiger partial charge in [0.1, 0.15) is 5.60 Å². The van der Waals surface area contributed by atoms with Crippen LogP contribution in [-0.2, 0) is 38.0 Å². The molecule has 0 saturated heterocycles. The van der Waals surface area contributed by atoms with Gasteiger partial charge in [0.15, 0.2) is 0 Å². The summed E-state index contributed by atoms with van der Waals surface area (Å²) < 4.78 is 37.1. The van der Waals surface area contributed by atoms with Gasteiger partial charge < -0.3 is 33.2 Å². The normalized spacial score (nSPS) is 11.7. The first-order valence-electron chi connectivity index (χ1n) is 9.64. The first kappa shape index (κ1) is 26.2. The maximum Gasteiger partial charge on any atom is 0.308 e. The molecule has 8 heteroatoms. The van der Waals surface area contributed by atoms with Crippen molar-refractivity contribution < 1.29 is 38.0 Å². The average molecular weight is 395 g/mol. The highest BCUT2D eigenvalue weighted by molar-refractivity contribution is 5.69. The molecule has 0 rings (SSSR count). The predicted octanol–water partition coefficient (Wildman–Crippen LogP) is 1.84. The van der Waals surface area contributed by atoms with Crippen molar-refractivity contribution >= 4 is 5.97 Å². The lowest BCUT2D eigenvalue weighted by Gasteiger charge is -2.19. The maximum atomic E-state index is 11.5. The molecule has 0 radical (unpaired) electrons. The van der Waals surface area contributed by atoms with Crippen LogP contribution in [0, 0.1) is 0 Å². The van der Waals surface area contributed by atoms with Crippen LogP contribution in [0.2, 0.25) is 0 Å². The maximum absolute atomic E-state index is 11.5. The molecule has 0 aromatic rings. The Kier molecular flexibility index (Phi) is 18.1. The first-order chi connectivity index (χ1) is 13.0. The molecule has 0 N–H and O–H groups in total. The number of esters is 1. The second-order valence-corrected chi connectivity index (χ2v) is 6.60. The SMILES string of the molecule is CCOCCOCCOCCOCCOCCOCCC(=O)OC(C)(C)C. The number of carbonyl (C=O) groups excluding carboxylic acids is 1. The van der Waals surface area contributed by atoms with Gasteiger partial charge >= 0.3 is 5.97 Å². The lowest BCUT2D eigenvalue weighted by Crippen LogP contribution is -2.24. The molecule has 0 fully saturated rings. The van der Waals surface area contributed by atoms with Gasteiger partial charge in [0.05, 0.1) is 79.1 Å². The van der Waals surface area contributed by atoms with Crippen LogP contribution in [0.3, 0.4) is 0 Å². The van der Waals surface area contributed by atoms with Gasteiger partial charge in [-0.2, -0.15) is 0 Å². The minimum Gasteiger partial charge on any atom is -0.460 e. The Balaban J connectivity index is 3.12. The summed E-state index contributed by atoms with van der Waals surface area (Å²) >= 11 is 0. The Hall–Kier alpha value is -0.770. The Bertz CT molecular complexity index is 330. The highest BCUT2D eigenvalue weighted by Crippen LogP contribution is 2.07. The second kappa shape index (κ2) is 18.6. The molecule has 0 atom stereocenters. The Morgan fingerprint density at radius 1 is 0.593 bits per heavy atom. The van der Waals surface area contributed by atoms with Crippen molar-refractivity contribution in [1.29, 1.82) is 0 Å². The van der Waals surface area contributed by atoms with Crippen molar-refractivity contribution in [2.24, 2.45) is 0 Å². The van der Waals surface area contributed by atoms with Crippen molar-refractivity contribution in [3.8, 4) is 0 Å². The number of carbonyl (C=O) groups is 1. The van der Waals surface area contributed by atoms with Gasteiger partial charge in [-0.25, -0.2) is 0 Å². The molecule has 0 aromatic carbocycles. The molecule has 0 aliphatic carbocycles. The van der Waals surface area contributed by atoms with E-state index in [0.717, 1.165) is 0 Å². The molecule has 0 bridgehead atoms. The van der Waals surface area contributed by atoms with Gasteiger partial charge in [-0.3, -0.25) is 4.79 Å². The summed E-state index contributed by atoms with van der Waals surface area (Å²) in [5.74, 6) is -0.254. The van der Waals surface area contributed by atoms with Crippen LogP contribution in [0.15, 0.2) is 0 Å². The van der Waals surface area contributed by atoms with E-state index < -0.39 is 5.60 Å². The summed E-state index contributed by atoms with van der Waals surface area (Å²) in [6, 6.07) is 0. The summed E-state index contributed by atoms with van der Waals surface area (Å²) in [6.45, 7) is 13.8. The van der Waals surface area contributed by atoms with E-state index >= 15 is 0 Å². The zero-order valence-electron chi connectivity index (χ0n) is 17.5. The largest absolute Gasteiger partial charge is 0.460 e. The number of ether oxygens (including phenoxy) is 7. The molecule has 0 saturated carbocycles. The third kappa shape index (κ3) is 23.2. The van der Waals surface area contributed by atoms with Crippen molar-refractivity contribution in [2.45, 2.75) is 39.7 Å². The van der Waals surface area contributed by atoms with Crippen molar-refractivity contribution in [3.05, 3.63) is 0 Å². The molecule has 0 amide bonds. The lowest BCUT2D eigenvalue weighted by atomic mass is 10.2. The first-order valence-corrected chi connectivity index (χ1v) is 9.64. The van der Waals surface area contributed by atoms with Crippen molar-refractivity contribution in [2.75, 3.05) is 79.3 Å². The van der Waals surface area contributed by atoms with Crippen LogP contribution in [0.4, 0.5) is 0 Å². The van der Waals surface area contributed by atoms with E-state index in [1.54, 1.807) is 0 Å². The molecule has 0 aliphatic heterocycles. The molecule has 27 heavy (non-hydrogen) atoms. The zero-order chi connectivity index (χ0) is 20.2. The number of rotatable bonds is 19. The third-order valence-electron chi connectivity index (χ3n) is 2.93. The standard InChI is InChI=1S/C19H38O8/c1-5-21-8-9-23-12-13-25-16-17-26-15-14-24-11-10-22-7-6-18(20)27-19(2,3)4/h5-17H2,1-4H3.